The number of aromatic nitrogens is 1. The first-order valence-electron chi connectivity index (χ1n) is 7.67. The molecular formula is C17H22N2OS. The average Bonchev–Trinajstić information content (AvgIpc) is 3.16. The van der Waals surface area contributed by atoms with E-state index < -0.39 is 0 Å². The van der Waals surface area contributed by atoms with Crippen LogP contribution in [-0.4, -0.2) is 31.3 Å². The van der Waals surface area contributed by atoms with Crippen molar-refractivity contribution >= 4 is 11.3 Å². The van der Waals surface area contributed by atoms with Gasteiger partial charge in [0.15, 0.2) is 0 Å². The molecule has 1 unspecified atom stereocenters. The van der Waals surface area contributed by atoms with Gasteiger partial charge in [0.25, 0.3) is 0 Å². The van der Waals surface area contributed by atoms with Crippen molar-refractivity contribution in [2.75, 3.05) is 20.2 Å². The van der Waals surface area contributed by atoms with Crippen LogP contribution in [0, 0.1) is 0 Å². The quantitative estimate of drug-likeness (QED) is 0.889. The van der Waals surface area contributed by atoms with Crippen LogP contribution in [0.5, 0.6) is 0 Å². The summed E-state index contributed by atoms with van der Waals surface area (Å²) in [6, 6.07) is 10.5. The highest BCUT2D eigenvalue weighted by atomic mass is 32.1. The van der Waals surface area contributed by atoms with Crippen LogP contribution in [-0.2, 0) is 17.6 Å². The smallest absolute Gasteiger partial charge is 0.0961 e. The Kier molecular flexibility index (Phi) is 5.01. The highest BCUT2D eigenvalue weighted by Crippen LogP contribution is 2.30. The SMILES string of the molecule is CNCCc1sc(CC2CCCO2)nc1-c1ccccc1. The molecule has 3 rings (SSSR count). The zero-order chi connectivity index (χ0) is 14.5. The summed E-state index contributed by atoms with van der Waals surface area (Å²) in [5.41, 5.74) is 2.38. The minimum Gasteiger partial charge on any atom is -0.378 e. The Labute approximate surface area is 130 Å². The van der Waals surface area contributed by atoms with E-state index in [2.05, 4.69) is 35.6 Å². The molecule has 1 fully saturated rings. The lowest BCUT2D eigenvalue weighted by atomic mass is 10.1. The maximum Gasteiger partial charge on any atom is 0.0961 e. The van der Waals surface area contributed by atoms with Gasteiger partial charge < -0.3 is 10.1 Å². The minimum absolute atomic E-state index is 0.372. The second kappa shape index (κ2) is 7.16. The largest absolute Gasteiger partial charge is 0.378 e. The van der Waals surface area contributed by atoms with Crippen LogP contribution in [0.25, 0.3) is 11.3 Å². The molecule has 1 aliphatic rings. The molecule has 0 radical (unpaired) electrons. The topological polar surface area (TPSA) is 34.1 Å². The monoisotopic (exact) mass is 302 g/mol. The predicted octanol–water partition coefficient (Wildman–Crippen LogP) is 3.29. The number of benzene rings is 1. The van der Waals surface area contributed by atoms with Gasteiger partial charge in [-0.25, -0.2) is 4.98 Å². The molecule has 1 saturated heterocycles. The van der Waals surface area contributed by atoms with Crippen molar-refractivity contribution in [2.24, 2.45) is 0 Å². The van der Waals surface area contributed by atoms with Gasteiger partial charge in [0.05, 0.1) is 16.8 Å². The fourth-order valence-corrected chi connectivity index (χ4v) is 3.87. The van der Waals surface area contributed by atoms with Crippen molar-refractivity contribution < 1.29 is 4.74 Å². The van der Waals surface area contributed by atoms with Gasteiger partial charge in [-0.2, -0.15) is 0 Å². The molecule has 2 aromatic rings. The molecule has 0 saturated carbocycles. The van der Waals surface area contributed by atoms with Gasteiger partial charge >= 0.3 is 0 Å². The molecule has 0 amide bonds. The third kappa shape index (κ3) is 3.70. The molecule has 0 bridgehead atoms. The van der Waals surface area contributed by atoms with E-state index in [-0.39, 0.29) is 0 Å². The van der Waals surface area contributed by atoms with Crippen molar-refractivity contribution in [2.45, 2.75) is 31.8 Å². The summed E-state index contributed by atoms with van der Waals surface area (Å²) in [5.74, 6) is 0. The first-order chi connectivity index (χ1) is 10.4. The fourth-order valence-electron chi connectivity index (χ4n) is 2.72. The van der Waals surface area contributed by atoms with Crippen LogP contribution in [0.3, 0.4) is 0 Å². The standard InChI is InChI=1S/C17H22N2OS/c1-18-10-9-15-17(13-6-3-2-4-7-13)19-16(21-15)12-14-8-5-11-20-14/h2-4,6-7,14,18H,5,8-12H2,1H3. The molecule has 0 spiro atoms. The lowest BCUT2D eigenvalue weighted by Crippen LogP contribution is -2.09. The number of hydrogen-bond donors (Lipinski definition) is 1. The van der Waals surface area contributed by atoms with Crippen LogP contribution >= 0.6 is 11.3 Å². The van der Waals surface area contributed by atoms with Crippen molar-refractivity contribution in [1.29, 1.82) is 0 Å². The van der Waals surface area contributed by atoms with E-state index in [1.165, 1.54) is 28.3 Å². The third-order valence-corrected chi connectivity index (χ3v) is 4.95. The summed E-state index contributed by atoms with van der Waals surface area (Å²) in [6.45, 7) is 1.90. The molecule has 1 aliphatic heterocycles. The number of rotatable bonds is 6. The molecule has 1 atom stereocenters. The van der Waals surface area contributed by atoms with E-state index in [0.29, 0.717) is 6.10 Å². The normalized spacial score (nSPS) is 18.2. The zero-order valence-corrected chi connectivity index (χ0v) is 13.3. The lowest BCUT2D eigenvalue weighted by Gasteiger charge is -2.05. The highest BCUT2D eigenvalue weighted by molar-refractivity contribution is 7.12. The van der Waals surface area contributed by atoms with Gasteiger partial charge in [-0.15, -0.1) is 11.3 Å². The van der Waals surface area contributed by atoms with E-state index >= 15 is 0 Å². The Morgan fingerprint density at radius 3 is 2.90 bits per heavy atom. The molecule has 0 aliphatic carbocycles. The summed E-state index contributed by atoms with van der Waals surface area (Å²) in [6.07, 6.45) is 4.73. The summed E-state index contributed by atoms with van der Waals surface area (Å²) in [7, 11) is 2.00. The van der Waals surface area contributed by atoms with Gasteiger partial charge in [-0.3, -0.25) is 0 Å². The first-order valence-corrected chi connectivity index (χ1v) is 8.48. The van der Waals surface area contributed by atoms with E-state index in [1.54, 1.807) is 0 Å². The Balaban J connectivity index is 1.83. The van der Waals surface area contributed by atoms with Crippen molar-refractivity contribution in [3.63, 3.8) is 0 Å². The average molecular weight is 302 g/mol. The lowest BCUT2D eigenvalue weighted by molar-refractivity contribution is 0.111. The molecular weight excluding hydrogens is 280 g/mol. The second-order valence-corrected chi connectivity index (χ2v) is 6.61. The van der Waals surface area contributed by atoms with E-state index in [9.17, 15) is 0 Å². The molecule has 21 heavy (non-hydrogen) atoms. The molecule has 1 aromatic heterocycles. The number of ether oxygens (including phenoxy) is 1. The maximum atomic E-state index is 5.75. The molecule has 2 heterocycles. The van der Waals surface area contributed by atoms with Crippen LogP contribution in [0.4, 0.5) is 0 Å². The van der Waals surface area contributed by atoms with Crippen LogP contribution in [0.1, 0.15) is 22.7 Å². The number of nitrogens with zero attached hydrogens (tertiary/aromatic N) is 1. The number of thiazole rings is 1. The van der Waals surface area contributed by atoms with Crippen LogP contribution in [0.2, 0.25) is 0 Å². The number of hydrogen-bond acceptors (Lipinski definition) is 4. The minimum atomic E-state index is 0.372. The highest BCUT2D eigenvalue weighted by Gasteiger charge is 2.20. The Bertz CT molecular complexity index is 561. The van der Waals surface area contributed by atoms with Crippen molar-refractivity contribution in [3.8, 4) is 11.3 Å². The van der Waals surface area contributed by atoms with Crippen LogP contribution < -0.4 is 5.32 Å². The summed E-state index contributed by atoms with van der Waals surface area (Å²) < 4.78 is 5.75. The fraction of sp³-hybridized carbons (Fsp3) is 0.471. The summed E-state index contributed by atoms with van der Waals surface area (Å²) in [4.78, 5) is 6.29. The second-order valence-electron chi connectivity index (χ2n) is 5.44. The maximum absolute atomic E-state index is 5.75. The van der Waals surface area contributed by atoms with Gasteiger partial charge in [-0.05, 0) is 32.9 Å². The predicted molar refractivity (Wildman–Crippen MR) is 87.9 cm³/mol. The molecule has 112 valence electrons. The van der Waals surface area contributed by atoms with Crippen molar-refractivity contribution in [3.05, 3.63) is 40.2 Å². The van der Waals surface area contributed by atoms with Gasteiger partial charge in [0.2, 0.25) is 0 Å². The van der Waals surface area contributed by atoms with Crippen molar-refractivity contribution in [1.82, 2.24) is 10.3 Å². The van der Waals surface area contributed by atoms with E-state index in [0.717, 1.165) is 31.7 Å². The Morgan fingerprint density at radius 1 is 1.33 bits per heavy atom. The van der Waals surface area contributed by atoms with Gasteiger partial charge in [0, 0.05) is 23.5 Å². The number of likely N-dealkylation sites (N-methyl/N-ethyl adjacent to an activating group) is 1. The zero-order valence-electron chi connectivity index (χ0n) is 12.5. The van der Waals surface area contributed by atoms with Gasteiger partial charge in [0.1, 0.15) is 0 Å². The molecule has 1 N–H and O–H groups in total. The van der Waals surface area contributed by atoms with E-state index in [1.807, 2.05) is 18.4 Å². The Hall–Kier alpha value is -1.23. The van der Waals surface area contributed by atoms with E-state index in [4.69, 9.17) is 9.72 Å². The third-order valence-electron chi connectivity index (χ3n) is 3.82. The van der Waals surface area contributed by atoms with Crippen LogP contribution in [0.15, 0.2) is 30.3 Å². The molecule has 3 nitrogen and oxygen atoms in total. The molecule has 1 aromatic carbocycles. The summed E-state index contributed by atoms with van der Waals surface area (Å²) >= 11 is 1.85. The van der Waals surface area contributed by atoms with Gasteiger partial charge in [-0.1, -0.05) is 30.3 Å². The number of nitrogens with one attached hydrogen (secondary N) is 1. The molecule has 4 heteroatoms. The summed E-state index contributed by atoms with van der Waals surface area (Å²) in [5, 5.41) is 4.45. The first kappa shape index (κ1) is 14.7. The Morgan fingerprint density at radius 2 is 2.19 bits per heavy atom.